The van der Waals surface area contributed by atoms with Crippen molar-refractivity contribution in [2.45, 2.75) is 264 Å². The molecule has 24 atom stereocenters. The third-order valence-electron chi connectivity index (χ3n) is 32.2. The Labute approximate surface area is 655 Å². The van der Waals surface area contributed by atoms with E-state index in [1.165, 1.54) is 116 Å². The SMILES string of the molecule is CC[C@@]1(O)CC[C@H]2[C@H](CC[C@@H]3[C@@H]2CC[C@]2(C)[C@@H](C(=O)CBr)CC[C@@H]32)C1.CC[C@@]1(O)CC[C@H]2[C@H](CC[C@@H]3[C@@H]2CC[C@]2(C)[C@@H](C(=O)Cn4cc5ncccc5n4)CC[C@@H]32)C1.CC[C@@]1(O)CC[C@H]2[C@H](CC[C@@H]3[C@@H]2CC[C@]2(C)[C@@H](C(=O)Cn4ncc5ncccc54)CC[C@@H]32)C1.CS.CS.[2H]S[2H].c1cnc2cn[nH]c2c1. The van der Waals surface area contributed by atoms with Gasteiger partial charge >= 0.3 is 0 Å². The molecule has 19 heteroatoms. The van der Waals surface area contributed by atoms with Gasteiger partial charge in [-0.1, -0.05) is 57.5 Å². The molecular formula is C86H128BrN9O6S3. The second-order valence-electron chi connectivity index (χ2n) is 36.1. The first-order valence-electron chi connectivity index (χ1n) is 42.0. The second kappa shape index (κ2) is 33.7. The van der Waals surface area contributed by atoms with Crippen LogP contribution in [0.15, 0.2) is 73.6 Å². The number of nitrogens with one attached hydrogen (secondary N) is 1. The Morgan fingerprint density at radius 3 is 1.35 bits per heavy atom. The van der Waals surface area contributed by atoms with Crippen molar-refractivity contribution < 1.29 is 29.7 Å². The Morgan fingerprint density at radius 1 is 0.505 bits per heavy atom. The van der Waals surface area contributed by atoms with Gasteiger partial charge in [0.05, 0.1) is 60.5 Å². The van der Waals surface area contributed by atoms with Crippen molar-refractivity contribution in [1.29, 1.82) is 2.25 Å². The minimum Gasteiger partial charge on any atom is -0.390 e. The topological polar surface area (TPSA) is 215 Å². The first-order valence-corrected chi connectivity index (χ1v) is 44.1. The van der Waals surface area contributed by atoms with E-state index in [0.29, 0.717) is 53.5 Å². The summed E-state index contributed by atoms with van der Waals surface area (Å²) < 4.78 is 15.2. The largest absolute Gasteiger partial charge is 0.390 e. The number of H-pyrrole nitrogens is 1. The van der Waals surface area contributed by atoms with E-state index in [2.05, 4.69) is 118 Å². The van der Waals surface area contributed by atoms with Crippen molar-refractivity contribution in [3.8, 4) is 0 Å². The molecule has 0 unspecified atom stereocenters. The molecule has 6 aromatic rings. The fourth-order valence-corrected chi connectivity index (χ4v) is 27.2. The molecule has 0 saturated heterocycles. The Morgan fingerprint density at radius 2 is 0.914 bits per heavy atom. The van der Waals surface area contributed by atoms with Crippen LogP contribution in [0.2, 0.25) is 0 Å². The average molecular weight is 1560 g/mol. The third-order valence-corrected chi connectivity index (χ3v) is 32.7. The van der Waals surface area contributed by atoms with E-state index in [0.717, 1.165) is 187 Å². The monoisotopic (exact) mass is 1560 g/mol. The molecule has 6 heterocycles. The fraction of sp³-hybridized carbons (Fsp3) is 0.756. The predicted octanol–water partition coefficient (Wildman–Crippen LogP) is 18.3. The number of thiol groups is 2. The summed E-state index contributed by atoms with van der Waals surface area (Å²) in [6.45, 7) is 14.5. The summed E-state index contributed by atoms with van der Waals surface area (Å²) in [5.74, 6) is 13.5. The standard InChI is InChI=1S/2C28H39N3O2.C22H35BrO2.C6H5N3.2CH4S.H2S/c1-3-28(33)13-11-19-18(15-28)6-7-21-20(19)10-12-27(2)22(21)8-9-23(27)26(32)17-31-25-5-4-14-29-24(25)16-30-31;1-3-28(33)13-11-19-18(15-28)6-7-21-20(19)10-12-27(2)22(21)8-9-23(27)26(32)17-31-16-25-24(30-31)5-4-14-29-25;1-3-22(25)11-9-15-14(12-22)4-5-17-16(15)8-10-21(2)18(17)6-7-19(21)20(24)13-23;1-2-5-6(7-3-1)4-8-9-5;2*1-2;/h2*4-5,14,16,18-23,33H,3,6-13,15,17H2,1-2H3;14-19,25H,3-13H2,1-2H3;1-4H,(H,8,9);2*2H,1H3;1H2/t2*18-,19+,20-,21-,22+,23-,27+,28-;14-,15+,16-,17-,18+,19-,21+,22-;;;;/m111..../s1/i/hD2. The summed E-state index contributed by atoms with van der Waals surface area (Å²) >= 11 is 10.7. The third kappa shape index (κ3) is 15.7. The Kier molecular flexibility index (Phi) is 25.0. The second-order valence-corrected chi connectivity index (χ2v) is 36.6. The number of aliphatic hydroxyl groups is 3. The maximum Gasteiger partial charge on any atom is 0.157 e. The van der Waals surface area contributed by atoms with Crippen LogP contribution in [0.3, 0.4) is 0 Å². The molecule has 12 aliphatic carbocycles. The van der Waals surface area contributed by atoms with Crippen LogP contribution in [0.4, 0.5) is 0 Å². The van der Waals surface area contributed by atoms with Crippen LogP contribution in [-0.4, -0.2) is 114 Å². The number of hydrogen-bond donors (Lipinski definition) is 6. The number of aromatic nitrogens is 9. The van der Waals surface area contributed by atoms with Crippen molar-refractivity contribution >= 4 is 105 Å². The normalized spacial score (nSPS) is 40.3. The first kappa shape index (κ1) is 78.0. The van der Waals surface area contributed by atoms with Crippen molar-refractivity contribution in [2.24, 2.45) is 123 Å². The molecule has 15 nitrogen and oxygen atoms in total. The van der Waals surface area contributed by atoms with E-state index in [-0.39, 0.29) is 47.0 Å². The van der Waals surface area contributed by atoms with Gasteiger partial charge in [-0.2, -0.15) is 53.9 Å². The van der Waals surface area contributed by atoms with E-state index in [1.807, 2.05) is 52.0 Å². The minimum absolute atomic E-state index is 0.144. The molecule has 0 aromatic carbocycles. The van der Waals surface area contributed by atoms with Crippen LogP contribution in [0, 0.1) is 123 Å². The lowest BCUT2D eigenvalue weighted by atomic mass is 9.48. The molecule has 12 saturated carbocycles. The highest BCUT2D eigenvalue weighted by atomic mass is 79.9. The van der Waals surface area contributed by atoms with Crippen molar-refractivity contribution in [2.75, 3.05) is 17.8 Å². The van der Waals surface area contributed by atoms with Crippen LogP contribution < -0.4 is 0 Å². The molecule has 0 bridgehead atoms. The summed E-state index contributed by atoms with van der Waals surface area (Å²) in [5, 5.41) is 48.9. The zero-order valence-electron chi connectivity index (χ0n) is 66.5. The summed E-state index contributed by atoms with van der Waals surface area (Å²) in [7, 11) is 0. The number of carbonyl (C=O) groups excluding carboxylic acids is 3. The molecule has 105 heavy (non-hydrogen) atoms. The summed E-state index contributed by atoms with van der Waals surface area (Å²) in [4.78, 5) is 52.4. The van der Waals surface area contributed by atoms with Gasteiger partial charge in [-0.3, -0.25) is 43.8 Å². The van der Waals surface area contributed by atoms with Crippen LogP contribution in [0.5, 0.6) is 0 Å². The molecule has 0 spiro atoms. The van der Waals surface area contributed by atoms with Gasteiger partial charge in [0.1, 0.15) is 34.4 Å². The van der Waals surface area contributed by atoms with Crippen molar-refractivity contribution in [3.63, 3.8) is 0 Å². The number of ketones is 3. The summed E-state index contributed by atoms with van der Waals surface area (Å²) in [5.41, 5.74) is 4.80. The molecule has 12 fully saturated rings. The van der Waals surface area contributed by atoms with E-state index in [4.69, 9.17) is 2.25 Å². The van der Waals surface area contributed by atoms with Gasteiger partial charge in [0, 0.05) is 36.3 Å². The van der Waals surface area contributed by atoms with Crippen molar-refractivity contribution in [3.05, 3.63) is 73.6 Å². The fourth-order valence-electron chi connectivity index (χ4n) is 26.9. The summed E-state index contributed by atoms with van der Waals surface area (Å²) in [6.07, 6.45) is 48.8. The van der Waals surface area contributed by atoms with Gasteiger partial charge in [-0.15, -0.1) is 0 Å². The highest BCUT2D eigenvalue weighted by molar-refractivity contribution is 9.09. The molecule has 0 aliphatic heterocycles. The number of alkyl halides is 1. The van der Waals surface area contributed by atoms with E-state index >= 15 is 0 Å². The molecule has 6 aromatic heterocycles. The molecule has 0 amide bonds. The van der Waals surface area contributed by atoms with Gasteiger partial charge in [0.25, 0.3) is 0 Å². The molecule has 4 N–H and O–H groups in total. The lowest BCUT2D eigenvalue weighted by molar-refractivity contribution is -0.134. The molecule has 12 aliphatic rings. The zero-order chi connectivity index (χ0) is 76.2. The van der Waals surface area contributed by atoms with E-state index < -0.39 is 11.2 Å². The van der Waals surface area contributed by atoms with Crippen LogP contribution in [0.1, 0.15) is 234 Å². The maximum atomic E-state index is 13.6. The lowest BCUT2D eigenvalue weighted by Crippen LogP contribution is -2.51. The molecule has 18 rings (SSSR count). The van der Waals surface area contributed by atoms with Crippen molar-refractivity contribution in [1.82, 2.24) is 44.7 Å². The number of rotatable bonds is 11. The van der Waals surface area contributed by atoms with Gasteiger partial charge in [0.2, 0.25) is 0 Å². The smallest absolute Gasteiger partial charge is 0.157 e. The number of carbonyl (C=O) groups is 3. The Hall–Kier alpha value is -3.72. The van der Waals surface area contributed by atoms with E-state index in [1.54, 1.807) is 43.5 Å². The summed E-state index contributed by atoms with van der Waals surface area (Å²) in [6, 6.07) is 11.6. The number of halogens is 1. The number of fused-ring (bicyclic) bond motifs is 18. The van der Waals surface area contributed by atoms with Gasteiger partial charge in [0.15, 0.2) is 11.6 Å². The highest BCUT2D eigenvalue weighted by Gasteiger charge is 2.62. The van der Waals surface area contributed by atoms with Crippen LogP contribution in [0.25, 0.3) is 33.1 Å². The van der Waals surface area contributed by atoms with Gasteiger partial charge in [-0.25, -0.2) is 0 Å². The molecule has 578 valence electrons. The highest BCUT2D eigenvalue weighted by Crippen LogP contribution is 2.68. The van der Waals surface area contributed by atoms with Gasteiger partial charge in [-0.05, 0) is 347 Å². The molecular weight excluding hydrogens is 1430 g/mol. The predicted molar refractivity (Wildman–Crippen MR) is 435 cm³/mol. The maximum absolute atomic E-state index is 13.6. The van der Waals surface area contributed by atoms with Gasteiger partial charge < -0.3 is 15.3 Å². The molecule has 0 radical (unpaired) electrons. The zero-order valence-corrected chi connectivity index (χ0v) is 68.7. The van der Waals surface area contributed by atoms with Crippen LogP contribution in [-0.2, 0) is 27.5 Å². The average Bonchev–Trinajstić information content (AvgIpc) is 1.66. The Balaban J connectivity index is 0.000000137. The number of hydrogen-bond acceptors (Lipinski definition) is 14. The quantitative estimate of drug-likeness (QED) is 0.0528. The first-order chi connectivity index (χ1) is 51.6. The Bertz CT molecular complexity index is 3870. The number of Topliss-reactive ketones (excluding diaryl/α,β-unsaturated/α-hetero) is 3. The minimum atomic E-state index is -0.408. The van der Waals surface area contributed by atoms with E-state index in [9.17, 15) is 29.7 Å². The number of pyridine rings is 3. The lowest BCUT2D eigenvalue weighted by Gasteiger charge is -2.57. The number of aromatic amines is 1. The number of nitrogens with zero attached hydrogens (tertiary/aromatic N) is 8. The van der Waals surface area contributed by atoms with Crippen LogP contribution >= 0.6 is 54.5 Å².